The van der Waals surface area contributed by atoms with E-state index < -0.39 is 6.10 Å². The van der Waals surface area contributed by atoms with Crippen molar-refractivity contribution in [1.82, 2.24) is 5.32 Å². The van der Waals surface area contributed by atoms with Gasteiger partial charge in [-0.1, -0.05) is 6.07 Å². The number of fused-ring (bicyclic) bond motifs is 1. The normalized spacial score (nSPS) is 14.4. The van der Waals surface area contributed by atoms with Crippen LogP contribution in [0.25, 0.3) is 0 Å². The molecule has 0 spiro atoms. The van der Waals surface area contributed by atoms with Gasteiger partial charge < -0.3 is 19.9 Å². The van der Waals surface area contributed by atoms with Crippen molar-refractivity contribution in [3.05, 3.63) is 45.6 Å². The lowest BCUT2D eigenvalue weighted by Gasteiger charge is -2.10. The lowest BCUT2D eigenvalue weighted by Crippen LogP contribution is -2.23. The Morgan fingerprint density at radius 3 is 2.90 bits per heavy atom. The molecule has 1 aromatic heterocycles. The summed E-state index contributed by atoms with van der Waals surface area (Å²) in [5.74, 6) is 1.64. The molecule has 2 heterocycles. The minimum absolute atomic E-state index is 0.309. The SMILES string of the molecule is Cc1ccc([C@H](O)CNCCc2ccc3c(c2)OCO3)s1. The summed E-state index contributed by atoms with van der Waals surface area (Å²) in [5.41, 5.74) is 1.20. The van der Waals surface area contributed by atoms with Gasteiger partial charge in [0.15, 0.2) is 11.5 Å². The van der Waals surface area contributed by atoms with Crippen molar-refractivity contribution in [3.8, 4) is 11.5 Å². The Morgan fingerprint density at radius 2 is 2.10 bits per heavy atom. The summed E-state index contributed by atoms with van der Waals surface area (Å²) >= 11 is 1.64. The van der Waals surface area contributed by atoms with Gasteiger partial charge in [0.1, 0.15) is 6.10 Å². The lowest BCUT2D eigenvalue weighted by molar-refractivity contribution is 0.174. The molecular weight excluding hydrogens is 286 g/mol. The van der Waals surface area contributed by atoms with E-state index >= 15 is 0 Å². The second-order valence-corrected chi connectivity index (χ2v) is 6.43. The van der Waals surface area contributed by atoms with E-state index in [2.05, 4.69) is 5.32 Å². The highest BCUT2D eigenvalue weighted by molar-refractivity contribution is 7.12. The second kappa shape index (κ2) is 6.47. The molecule has 0 aliphatic carbocycles. The van der Waals surface area contributed by atoms with Crippen molar-refractivity contribution in [1.29, 1.82) is 0 Å². The van der Waals surface area contributed by atoms with Gasteiger partial charge in [0.25, 0.3) is 0 Å². The van der Waals surface area contributed by atoms with E-state index in [1.165, 1.54) is 10.4 Å². The maximum atomic E-state index is 10.1. The van der Waals surface area contributed by atoms with Crippen molar-refractivity contribution in [2.24, 2.45) is 0 Å². The number of benzene rings is 1. The standard InChI is InChI=1S/C16H19NO3S/c1-11-2-5-16(21-11)13(18)9-17-7-6-12-3-4-14-15(8-12)20-10-19-14/h2-5,8,13,17-18H,6-7,9-10H2,1H3/t13-/m1/s1. The quantitative estimate of drug-likeness (QED) is 0.806. The van der Waals surface area contributed by atoms with Crippen LogP contribution in [0.15, 0.2) is 30.3 Å². The molecule has 1 atom stereocenters. The Morgan fingerprint density at radius 1 is 1.24 bits per heavy atom. The number of aliphatic hydroxyl groups is 1. The number of rotatable bonds is 6. The van der Waals surface area contributed by atoms with Gasteiger partial charge >= 0.3 is 0 Å². The highest BCUT2D eigenvalue weighted by Gasteiger charge is 2.13. The van der Waals surface area contributed by atoms with Crippen molar-refractivity contribution in [2.45, 2.75) is 19.4 Å². The Labute approximate surface area is 128 Å². The molecule has 5 heteroatoms. The van der Waals surface area contributed by atoms with Crippen LogP contribution in [-0.4, -0.2) is 25.0 Å². The second-order valence-electron chi connectivity index (χ2n) is 5.11. The molecular formula is C16H19NO3S. The maximum Gasteiger partial charge on any atom is 0.231 e. The van der Waals surface area contributed by atoms with Crippen LogP contribution in [-0.2, 0) is 6.42 Å². The molecule has 3 rings (SSSR count). The van der Waals surface area contributed by atoms with Gasteiger partial charge in [0, 0.05) is 16.3 Å². The monoisotopic (exact) mass is 305 g/mol. The minimum Gasteiger partial charge on any atom is -0.454 e. The molecule has 21 heavy (non-hydrogen) atoms. The summed E-state index contributed by atoms with van der Waals surface area (Å²) in [6, 6.07) is 10.0. The Hall–Kier alpha value is -1.56. The third-order valence-corrected chi connectivity index (χ3v) is 4.56. The molecule has 0 saturated carbocycles. The molecule has 2 aromatic rings. The predicted octanol–water partition coefficient (Wildman–Crippen LogP) is 2.65. The summed E-state index contributed by atoms with van der Waals surface area (Å²) in [5, 5.41) is 13.4. The summed E-state index contributed by atoms with van der Waals surface area (Å²) in [6.07, 6.45) is 0.466. The largest absolute Gasteiger partial charge is 0.454 e. The number of hydrogen-bond acceptors (Lipinski definition) is 5. The zero-order chi connectivity index (χ0) is 14.7. The van der Waals surface area contributed by atoms with E-state index in [4.69, 9.17) is 9.47 Å². The molecule has 1 aromatic carbocycles. The topological polar surface area (TPSA) is 50.7 Å². The number of aliphatic hydroxyl groups excluding tert-OH is 1. The molecule has 0 radical (unpaired) electrons. The van der Waals surface area contributed by atoms with Crippen LogP contribution in [0.4, 0.5) is 0 Å². The molecule has 1 aliphatic rings. The molecule has 0 unspecified atom stereocenters. The molecule has 112 valence electrons. The fourth-order valence-electron chi connectivity index (χ4n) is 2.30. The fourth-order valence-corrected chi connectivity index (χ4v) is 3.16. The molecule has 2 N–H and O–H groups in total. The minimum atomic E-state index is -0.430. The first-order chi connectivity index (χ1) is 10.2. The summed E-state index contributed by atoms with van der Waals surface area (Å²) in [6.45, 7) is 3.75. The molecule has 4 nitrogen and oxygen atoms in total. The molecule has 0 saturated heterocycles. The lowest BCUT2D eigenvalue weighted by atomic mass is 10.1. The van der Waals surface area contributed by atoms with Crippen LogP contribution in [0.5, 0.6) is 11.5 Å². The van der Waals surface area contributed by atoms with E-state index in [1.54, 1.807) is 11.3 Å². The molecule has 0 amide bonds. The Bertz CT molecular complexity index is 611. The summed E-state index contributed by atoms with van der Waals surface area (Å²) in [4.78, 5) is 2.24. The van der Waals surface area contributed by atoms with Gasteiger partial charge in [-0.25, -0.2) is 0 Å². The Balaban J connectivity index is 1.44. The third-order valence-electron chi connectivity index (χ3n) is 3.45. The van der Waals surface area contributed by atoms with E-state index in [9.17, 15) is 5.11 Å². The maximum absolute atomic E-state index is 10.1. The van der Waals surface area contributed by atoms with Crippen LogP contribution in [0.3, 0.4) is 0 Å². The van der Waals surface area contributed by atoms with Crippen LogP contribution in [0, 0.1) is 6.92 Å². The highest BCUT2D eigenvalue weighted by atomic mass is 32.1. The fraction of sp³-hybridized carbons (Fsp3) is 0.375. The van der Waals surface area contributed by atoms with Crippen molar-refractivity contribution in [3.63, 3.8) is 0 Å². The molecule has 1 aliphatic heterocycles. The van der Waals surface area contributed by atoms with E-state index in [-0.39, 0.29) is 0 Å². The first-order valence-electron chi connectivity index (χ1n) is 7.06. The van der Waals surface area contributed by atoms with Gasteiger partial charge in [-0.05, 0) is 49.7 Å². The number of hydrogen-bond donors (Lipinski definition) is 2. The van der Waals surface area contributed by atoms with Gasteiger partial charge in [0.2, 0.25) is 6.79 Å². The average molecular weight is 305 g/mol. The zero-order valence-electron chi connectivity index (χ0n) is 12.0. The number of aryl methyl sites for hydroxylation is 1. The van der Waals surface area contributed by atoms with Gasteiger partial charge in [-0.15, -0.1) is 11.3 Å². The Kier molecular flexibility index (Phi) is 4.43. The zero-order valence-corrected chi connectivity index (χ0v) is 12.8. The van der Waals surface area contributed by atoms with Gasteiger partial charge in [-0.3, -0.25) is 0 Å². The predicted molar refractivity (Wildman–Crippen MR) is 83.2 cm³/mol. The van der Waals surface area contributed by atoms with Gasteiger partial charge in [0.05, 0.1) is 0 Å². The van der Waals surface area contributed by atoms with Crippen LogP contribution in [0.1, 0.15) is 21.4 Å². The van der Waals surface area contributed by atoms with E-state index in [0.29, 0.717) is 13.3 Å². The summed E-state index contributed by atoms with van der Waals surface area (Å²) in [7, 11) is 0. The number of thiophene rings is 1. The molecule has 0 bridgehead atoms. The first-order valence-corrected chi connectivity index (χ1v) is 7.87. The smallest absolute Gasteiger partial charge is 0.231 e. The van der Waals surface area contributed by atoms with E-state index in [1.807, 2.05) is 37.3 Å². The van der Waals surface area contributed by atoms with E-state index in [0.717, 1.165) is 29.3 Å². The van der Waals surface area contributed by atoms with Crippen molar-refractivity contribution < 1.29 is 14.6 Å². The average Bonchev–Trinajstić information content (AvgIpc) is 3.11. The number of nitrogens with one attached hydrogen (secondary N) is 1. The molecule has 0 fully saturated rings. The van der Waals surface area contributed by atoms with Crippen LogP contribution < -0.4 is 14.8 Å². The van der Waals surface area contributed by atoms with Crippen molar-refractivity contribution in [2.75, 3.05) is 19.9 Å². The summed E-state index contributed by atoms with van der Waals surface area (Å²) < 4.78 is 10.7. The van der Waals surface area contributed by atoms with Crippen LogP contribution in [0.2, 0.25) is 0 Å². The number of ether oxygens (including phenoxy) is 2. The van der Waals surface area contributed by atoms with Crippen LogP contribution >= 0.6 is 11.3 Å². The van der Waals surface area contributed by atoms with Crippen molar-refractivity contribution >= 4 is 11.3 Å². The third kappa shape index (κ3) is 3.56. The first kappa shape index (κ1) is 14.4. The highest BCUT2D eigenvalue weighted by Crippen LogP contribution is 2.32. The van der Waals surface area contributed by atoms with Gasteiger partial charge in [-0.2, -0.15) is 0 Å².